The van der Waals surface area contributed by atoms with Gasteiger partial charge in [0.1, 0.15) is 0 Å². The number of benzene rings is 19. The number of rotatable bonds is 12. The van der Waals surface area contributed by atoms with Gasteiger partial charge >= 0.3 is 0 Å². The lowest BCUT2D eigenvalue weighted by molar-refractivity contribution is 0.660. The molecule has 2 nitrogen and oxygen atoms in total. The first-order chi connectivity index (χ1) is 62.4. The van der Waals surface area contributed by atoms with Gasteiger partial charge in [-0.05, 0) is 241 Å². The summed E-state index contributed by atoms with van der Waals surface area (Å²) >= 11 is 3.79. The molecule has 0 saturated heterocycles. The van der Waals surface area contributed by atoms with E-state index in [1.54, 1.807) is 0 Å². The molecule has 1 spiro atoms. The fraction of sp³-hybridized carbons (Fsp3) is 0.0732. The summed E-state index contributed by atoms with van der Waals surface area (Å²) in [7, 11) is 0. The Morgan fingerprint density at radius 1 is 0.205 bits per heavy atom. The number of fused-ring (bicyclic) bond motifs is 25. The largest absolute Gasteiger partial charge is 0.310 e. The summed E-state index contributed by atoms with van der Waals surface area (Å²) in [4.78, 5) is 5.08. The Bertz CT molecular complexity index is 8170. The van der Waals surface area contributed by atoms with Crippen molar-refractivity contribution in [3.8, 4) is 111 Å². The van der Waals surface area contributed by atoms with Gasteiger partial charge in [0.05, 0.1) is 16.8 Å². The van der Waals surface area contributed by atoms with Crippen LogP contribution in [0.5, 0.6) is 0 Å². The minimum absolute atomic E-state index is 0.153. The molecule has 0 radical (unpaired) electrons. The molecule has 2 aromatic heterocycles. The Balaban J connectivity index is 0.584. The molecule has 0 bridgehead atoms. The highest BCUT2D eigenvalue weighted by Gasteiger charge is 2.52. The van der Waals surface area contributed by atoms with E-state index >= 15 is 0 Å². The van der Waals surface area contributed by atoms with Crippen LogP contribution in [-0.2, 0) is 21.7 Å². The van der Waals surface area contributed by atoms with Crippen molar-refractivity contribution >= 4 is 97.1 Å². The van der Waals surface area contributed by atoms with Gasteiger partial charge in [-0.2, -0.15) is 0 Å². The van der Waals surface area contributed by atoms with Crippen LogP contribution in [0.4, 0.5) is 34.1 Å². The first-order valence-corrected chi connectivity index (χ1v) is 46.1. The summed E-state index contributed by atoms with van der Waals surface area (Å²) in [5.41, 5.74) is 44.9. The third kappa shape index (κ3) is 10.5. The highest BCUT2D eigenvalue weighted by molar-refractivity contribution is 7.26. The molecule has 0 fully saturated rings. The highest BCUT2D eigenvalue weighted by atomic mass is 32.1. The maximum absolute atomic E-state index is 2.55. The number of hydrogen-bond donors (Lipinski definition) is 0. The van der Waals surface area contributed by atoms with E-state index < -0.39 is 10.8 Å². The predicted molar refractivity (Wildman–Crippen MR) is 538 cm³/mol. The number of thiophene rings is 2. The van der Waals surface area contributed by atoms with Crippen LogP contribution >= 0.6 is 22.7 Å². The zero-order chi connectivity index (χ0) is 84.3. The maximum atomic E-state index is 2.55. The van der Waals surface area contributed by atoms with Gasteiger partial charge in [-0.25, -0.2) is 0 Å². The average Bonchev–Trinajstić information content (AvgIpc) is 1.51. The molecule has 0 saturated carbocycles. The second kappa shape index (κ2) is 27.6. The van der Waals surface area contributed by atoms with Gasteiger partial charge in [-0.3, -0.25) is 0 Å². The Hall–Kier alpha value is -14.8. The number of anilines is 6. The molecule has 21 aromatic rings. The monoisotopic (exact) mass is 1650 g/mol. The van der Waals surface area contributed by atoms with Crippen LogP contribution in [-0.4, -0.2) is 0 Å². The third-order valence-electron chi connectivity index (χ3n) is 29.5. The third-order valence-corrected chi connectivity index (χ3v) is 31.9. The molecule has 2 heterocycles. The van der Waals surface area contributed by atoms with Crippen LogP contribution in [0.25, 0.3) is 152 Å². The van der Waals surface area contributed by atoms with Crippen LogP contribution in [0.15, 0.2) is 419 Å². The standard InChI is InChI=1S/C123H84N2S2/c1-120(2)101-43-16-10-36-97(101)115-94(40-27-49-108(115)120)91-33-12-22-51-111(91)124(79-63-57-76(58-64-79)84-39-26-42-96-93-35-14-24-53-113(93)126-118(84)96)81-68-72-104-100(73-81)89-32-6-18-45-103(89)122(104,5)78-61-55-75(56-62-78)83-70-71-85(119-117(83)99-38-15-25-54-114(99)127-119)77-59-65-80(66-60-77)125(112-52-23-13-34-92(112)95-41-28-50-109-116(95)98-37-11-17-44-102(98)121(109,3)4)82-67-69-90-88-31-9-21-48-107(88)123(110(90)74-82)105-46-19-7-29-86(105)87-30-8-20-47-106(87)123/h6-74H,1-5H3. The summed E-state index contributed by atoms with van der Waals surface area (Å²) < 4.78 is 5.18. The van der Waals surface area contributed by atoms with Crippen LogP contribution < -0.4 is 9.80 Å². The topological polar surface area (TPSA) is 6.48 Å². The predicted octanol–water partition coefficient (Wildman–Crippen LogP) is 34.0. The molecule has 4 heteroatoms. The highest BCUT2D eigenvalue weighted by Crippen LogP contribution is 2.65. The molecule has 0 aliphatic heterocycles. The normalized spacial score (nSPS) is 15.0. The van der Waals surface area contributed by atoms with Crippen molar-refractivity contribution in [3.63, 3.8) is 0 Å². The van der Waals surface area contributed by atoms with E-state index in [4.69, 9.17) is 0 Å². The average molecular weight is 1650 g/mol. The molecular formula is C123H84N2S2. The van der Waals surface area contributed by atoms with Crippen molar-refractivity contribution in [2.45, 2.75) is 56.3 Å². The molecule has 5 aliphatic rings. The Labute approximate surface area is 748 Å². The minimum Gasteiger partial charge on any atom is -0.310 e. The number of nitrogens with zero attached hydrogens (tertiary/aromatic N) is 2. The van der Waals surface area contributed by atoms with Crippen LogP contribution in [0.1, 0.15) is 95.8 Å². The molecule has 1 atom stereocenters. The Morgan fingerprint density at radius 3 is 1.11 bits per heavy atom. The molecule has 5 aliphatic carbocycles. The summed E-state index contributed by atoms with van der Waals surface area (Å²) in [6.07, 6.45) is 0. The fourth-order valence-corrected chi connectivity index (χ4v) is 26.1. The lowest BCUT2D eigenvalue weighted by Crippen LogP contribution is -2.26. The van der Waals surface area contributed by atoms with Crippen molar-refractivity contribution in [2.75, 3.05) is 9.80 Å². The lowest BCUT2D eigenvalue weighted by Gasteiger charge is -2.33. The minimum atomic E-state index is -0.521. The zero-order valence-corrected chi connectivity index (χ0v) is 72.7. The molecule has 0 amide bonds. The van der Waals surface area contributed by atoms with Gasteiger partial charge in [-0.15, -0.1) is 22.7 Å². The van der Waals surface area contributed by atoms with Gasteiger partial charge in [0, 0.05) is 90.5 Å². The second-order valence-corrected chi connectivity index (χ2v) is 38.5. The SMILES string of the molecule is CC1(C)c2ccccc2-c2c(-c3ccccc3N(c3ccc(-c4cccc5c4sc4ccccc45)cc3)c3ccc4c(c3)-c3ccccc3C4(C)c3ccc(-c4ccc(-c5ccc(N(c6ccc7c(c6)C6(c8ccccc8-c8ccccc86)c6ccccc6-7)c6ccccc6-c6cccc7c6-c6ccccc6C7(C)C)cc5)c5sc6ccccc6c45)cc3)cccc21. The summed E-state index contributed by atoms with van der Waals surface area (Å²) in [6, 6.07) is 160. The van der Waals surface area contributed by atoms with Crippen molar-refractivity contribution < 1.29 is 0 Å². The van der Waals surface area contributed by atoms with E-state index in [0.29, 0.717) is 0 Å². The first-order valence-electron chi connectivity index (χ1n) is 44.5. The van der Waals surface area contributed by atoms with Crippen molar-refractivity contribution in [2.24, 2.45) is 0 Å². The van der Waals surface area contributed by atoms with Gasteiger partial charge in [-0.1, -0.05) is 373 Å². The van der Waals surface area contributed by atoms with E-state index in [0.717, 1.165) is 34.1 Å². The molecule has 1 unspecified atom stereocenters. The van der Waals surface area contributed by atoms with Crippen LogP contribution in [0.2, 0.25) is 0 Å². The summed E-state index contributed by atoms with van der Waals surface area (Å²) in [6.45, 7) is 12.0. The van der Waals surface area contributed by atoms with Gasteiger partial charge in [0.2, 0.25) is 0 Å². The van der Waals surface area contributed by atoms with Crippen molar-refractivity contribution in [1.82, 2.24) is 0 Å². The molecular weight excluding hydrogens is 1570 g/mol. The number of hydrogen-bond acceptors (Lipinski definition) is 4. The lowest BCUT2D eigenvalue weighted by atomic mass is 9.70. The number of para-hydroxylation sites is 2. The second-order valence-electron chi connectivity index (χ2n) is 36.4. The Kier molecular flexibility index (Phi) is 16.0. The maximum Gasteiger partial charge on any atom is 0.0726 e. The molecule has 127 heavy (non-hydrogen) atoms. The zero-order valence-electron chi connectivity index (χ0n) is 71.0. The summed E-state index contributed by atoms with van der Waals surface area (Å²) in [5.74, 6) is 0. The molecule has 0 N–H and O–H groups in total. The molecule has 26 rings (SSSR count). The summed E-state index contributed by atoms with van der Waals surface area (Å²) in [5, 5.41) is 5.16. The molecule has 598 valence electrons. The van der Waals surface area contributed by atoms with Gasteiger partial charge < -0.3 is 9.80 Å². The molecule has 19 aromatic carbocycles. The fourth-order valence-electron chi connectivity index (χ4n) is 23.6. The van der Waals surface area contributed by atoms with Crippen LogP contribution in [0.3, 0.4) is 0 Å². The van der Waals surface area contributed by atoms with E-state index in [9.17, 15) is 0 Å². The quantitative estimate of drug-likeness (QED) is 0.120. The van der Waals surface area contributed by atoms with Crippen molar-refractivity contribution in [3.05, 3.63) is 480 Å². The first kappa shape index (κ1) is 73.7. The smallest absolute Gasteiger partial charge is 0.0726 e. The van der Waals surface area contributed by atoms with E-state index in [1.807, 2.05) is 22.7 Å². The van der Waals surface area contributed by atoms with Crippen molar-refractivity contribution in [1.29, 1.82) is 0 Å². The van der Waals surface area contributed by atoms with E-state index in [2.05, 4.69) is 463 Å². The Morgan fingerprint density at radius 2 is 0.551 bits per heavy atom. The van der Waals surface area contributed by atoms with E-state index in [1.165, 1.54) is 213 Å². The van der Waals surface area contributed by atoms with Gasteiger partial charge in [0.15, 0.2) is 0 Å². The van der Waals surface area contributed by atoms with Crippen LogP contribution in [0, 0.1) is 0 Å². The van der Waals surface area contributed by atoms with Gasteiger partial charge in [0.25, 0.3) is 0 Å². The van der Waals surface area contributed by atoms with E-state index in [-0.39, 0.29) is 10.8 Å².